The molecule has 0 saturated carbocycles. The summed E-state index contributed by atoms with van der Waals surface area (Å²) in [6.45, 7) is 7.18. The lowest BCUT2D eigenvalue weighted by molar-refractivity contribution is -0.251. The predicted octanol–water partition coefficient (Wildman–Crippen LogP) is 4.04. The molecule has 1 fully saturated rings. The fraction of sp³-hybridized carbons (Fsp3) is 0.462. The summed E-state index contributed by atoms with van der Waals surface area (Å²) in [6.07, 6.45) is -3.65. The minimum Gasteiger partial charge on any atom is -0.373 e. The minimum atomic E-state index is -5.13. The van der Waals surface area contributed by atoms with Crippen LogP contribution in [0, 0.1) is 5.82 Å². The largest absolute Gasteiger partial charge is 0.426 e. The average Bonchev–Trinajstić information content (AvgIpc) is 3.25. The number of aliphatic hydroxyl groups is 1. The van der Waals surface area contributed by atoms with Crippen molar-refractivity contribution in [1.29, 1.82) is 0 Å². The van der Waals surface area contributed by atoms with E-state index in [-0.39, 0.29) is 37.1 Å². The smallest absolute Gasteiger partial charge is 0.373 e. The Labute approximate surface area is 216 Å². The molecule has 1 aliphatic rings. The van der Waals surface area contributed by atoms with Crippen LogP contribution in [-0.4, -0.2) is 78.3 Å². The van der Waals surface area contributed by atoms with Crippen LogP contribution in [0.5, 0.6) is 0 Å². The maximum absolute atomic E-state index is 13.5. The van der Waals surface area contributed by atoms with Crippen molar-refractivity contribution in [3.8, 4) is 11.3 Å². The van der Waals surface area contributed by atoms with Gasteiger partial charge in [-0.2, -0.15) is 18.3 Å². The molecule has 3 aromatic rings. The molecule has 1 saturated heterocycles. The molecule has 1 atom stereocenters. The van der Waals surface area contributed by atoms with Gasteiger partial charge in [0, 0.05) is 30.8 Å². The van der Waals surface area contributed by atoms with Gasteiger partial charge in [-0.25, -0.2) is 13.9 Å². The molecule has 3 heterocycles. The molecule has 0 bridgehead atoms. The molecule has 204 valence electrons. The minimum absolute atomic E-state index is 0.0254. The highest BCUT2D eigenvalue weighted by Crippen LogP contribution is 2.34. The summed E-state index contributed by atoms with van der Waals surface area (Å²) in [5.41, 5.74) is -1.93. The summed E-state index contributed by atoms with van der Waals surface area (Å²) in [5, 5.41) is 14.4. The molecule has 0 radical (unpaired) electrons. The van der Waals surface area contributed by atoms with E-state index in [9.17, 15) is 32.3 Å². The number of nitrogens with zero attached hydrogens (tertiary/aromatic N) is 5. The number of aromatic nitrogens is 3. The zero-order valence-electron chi connectivity index (χ0n) is 21.7. The van der Waals surface area contributed by atoms with Gasteiger partial charge in [-0.05, 0) is 57.0 Å². The highest BCUT2D eigenvalue weighted by atomic mass is 19.4. The number of hydrogen-bond donors (Lipinski definition) is 1. The zero-order valence-corrected chi connectivity index (χ0v) is 21.7. The van der Waals surface area contributed by atoms with Crippen LogP contribution in [0.1, 0.15) is 56.6 Å². The molecule has 8 nitrogen and oxygen atoms in total. The fourth-order valence-corrected chi connectivity index (χ4v) is 4.56. The Balaban J connectivity index is 1.64. The normalized spacial score (nSPS) is 17.7. The number of rotatable bonds is 4. The third-order valence-corrected chi connectivity index (χ3v) is 6.84. The van der Waals surface area contributed by atoms with Gasteiger partial charge >= 0.3 is 6.18 Å². The molecule has 1 N–H and O–H groups in total. The molecule has 1 aliphatic heterocycles. The molecule has 0 aliphatic carbocycles. The van der Waals surface area contributed by atoms with Gasteiger partial charge in [0.25, 0.3) is 11.8 Å². The van der Waals surface area contributed by atoms with Crippen molar-refractivity contribution >= 4 is 17.5 Å². The summed E-state index contributed by atoms with van der Waals surface area (Å²) < 4.78 is 54.5. The van der Waals surface area contributed by atoms with Gasteiger partial charge in [0.05, 0.1) is 17.4 Å². The maximum Gasteiger partial charge on any atom is 0.426 e. The Morgan fingerprint density at radius 3 is 2.29 bits per heavy atom. The van der Waals surface area contributed by atoms with Crippen molar-refractivity contribution < 1.29 is 32.3 Å². The molecule has 0 spiro atoms. The van der Waals surface area contributed by atoms with Crippen molar-refractivity contribution in [2.24, 2.45) is 0 Å². The van der Waals surface area contributed by atoms with Crippen LogP contribution in [0.2, 0.25) is 0 Å². The number of imidazole rings is 1. The number of fused-ring (bicyclic) bond motifs is 1. The van der Waals surface area contributed by atoms with Crippen molar-refractivity contribution in [3.05, 3.63) is 53.6 Å². The number of carbonyl (C=O) groups is 2. The van der Waals surface area contributed by atoms with Crippen LogP contribution in [-0.2, 0) is 4.79 Å². The molecule has 4 rings (SSSR count). The Hall–Kier alpha value is -3.54. The van der Waals surface area contributed by atoms with Crippen molar-refractivity contribution in [1.82, 2.24) is 24.4 Å². The van der Waals surface area contributed by atoms with Crippen LogP contribution in [0.25, 0.3) is 16.9 Å². The molecule has 1 unspecified atom stereocenters. The standard InChI is InChI=1S/C26H29F4N5O3/c1-15(2)18-12-19(16-6-8-17(27)9-7-16)32-35-13-20(31-21(18)35)22(36)34-11-10-33(14-24(34,3)4)23(37)25(5,38)26(28,29)30/h6-9,12-13,15,38H,10-11,14H2,1-5H3. The van der Waals surface area contributed by atoms with Gasteiger partial charge in [-0.1, -0.05) is 13.8 Å². The number of piperazine rings is 1. The van der Waals surface area contributed by atoms with Crippen molar-refractivity contribution in [3.63, 3.8) is 0 Å². The van der Waals surface area contributed by atoms with E-state index >= 15 is 0 Å². The maximum atomic E-state index is 13.5. The summed E-state index contributed by atoms with van der Waals surface area (Å²) in [7, 11) is 0. The summed E-state index contributed by atoms with van der Waals surface area (Å²) in [5.74, 6) is -2.27. The van der Waals surface area contributed by atoms with E-state index in [2.05, 4.69) is 10.1 Å². The SMILES string of the molecule is CC(C)c1cc(-c2ccc(F)cc2)nn2cc(C(=O)N3CCN(C(=O)C(C)(O)C(F)(F)F)CC3(C)C)nc12. The summed E-state index contributed by atoms with van der Waals surface area (Å²) in [4.78, 5) is 32.9. The first-order valence-corrected chi connectivity index (χ1v) is 12.1. The Morgan fingerprint density at radius 1 is 1.11 bits per heavy atom. The van der Waals surface area contributed by atoms with Gasteiger partial charge in [0.1, 0.15) is 11.5 Å². The quantitative estimate of drug-likeness (QED) is 0.510. The van der Waals surface area contributed by atoms with E-state index in [1.54, 1.807) is 26.0 Å². The number of alkyl halides is 3. The van der Waals surface area contributed by atoms with E-state index in [0.717, 1.165) is 10.5 Å². The van der Waals surface area contributed by atoms with E-state index in [4.69, 9.17) is 0 Å². The lowest BCUT2D eigenvalue weighted by Gasteiger charge is -2.48. The van der Waals surface area contributed by atoms with Gasteiger partial charge < -0.3 is 14.9 Å². The molecule has 2 amide bonds. The number of carbonyl (C=O) groups excluding carboxylic acids is 2. The second kappa shape index (κ2) is 9.33. The molecule has 12 heteroatoms. The van der Waals surface area contributed by atoms with Crippen LogP contribution in [0.3, 0.4) is 0 Å². The third kappa shape index (κ3) is 4.84. The fourth-order valence-electron chi connectivity index (χ4n) is 4.56. The summed E-state index contributed by atoms with van der Waals surface area (Å²) in [6, 6.07) is 7.72. The number of hydrogen-bond acceptors (Lipinski definition) is 5. The monoisotopic (exact) mass is 535 g/mol. The van der Waals surface area contributed by atoms with Crippen LogP contribution in [0.4, 0.5) is 17.6 Å². The molecule has 1 aromatic carbocycles. The van der Waals surface area contributed by atoms with Gasteiger partial charge in [0.2, 0.25) is 5.60 Å². The van der Waals surface area contributed by atoms with Crippen LogP contribution >= 0.6 is 0 Å². The zero-order chi connectivity index (χ0) is 28.2. The lowest BCUT2D eigenvalue weighted by Crippen LogP contribution is -2.66. The topological polar surface area (TPSA) is 91.0 Å². The van der Waals surface area contributed by atoms with Gasteiger partial charge in [-0.15, -0.1) is 0 Å². The average molecular weight is 536 g/mol. The van der Waals surface area contributed by atoms with E-state index < -0.39 is 29.1 Å². The predicted molar refractivity (Wildman–Crippen MR) is 131 cm³/mol. The van der Waals surface area contributed by atoms with Gasteiger partial charge in [0.15, 0.2) is 5.65 Å². The third-order valence-electron chi connectivity index (χ3n) is 6.84. The Bertz CT molecular complexity index is 1380. The van der Waals surface area contributed by atoms with Crippen LogP contribution in [0.15, 0.2) is 36.5 Å². The molecular weight excluding hydrogens is 506 g/mol. The second-order valence-corrected chi connectivity index (χ2v) is 10.6. The second-order valence-electron chi connectivity index (χ2n) is 10.6. The number of halogens is 4. The Morgan fingerprint density at radius 2 is 1.74 bits per heavy atom. The highest BCUT2D eigenvalue weighted by molar-refractivity contribution is 5.94. The first kappa shape index (κ1) is 27.5. The highest BCUT2D eigenvalue weighted by Gasteiger charge is 2.58. The van der Waals surface area contributed by atoms with Crippen molar-refractivity contribution in [2.45, 2.75) is 57.9 Å². The molecule has 38 heavy (non-hydrogen) atoms. The van der Waals surface area contributed by atoms with Crippen molar-refractivity contribution in [2.75, 3.05) is 19.6 Å². The lowest BCUT2D eigenvalue weighted by atomic mass is 9.95. The molecule has 2 aromatic heterocycles. The first-order chi connectivity index (χ1) is 17.5. The van der Waals surface area contributed by atoms with E-state index in [0.29, 0.717) is 23.8 Å². The molecular formula is C26H29F4N5O3. The van der Waals surface area contributed by atoms with Crippen LogP contribution < -0.4 is 0 Å². The first-order valence-electron chi connectivity index (χ1n) is 12.1. The van der Waals surface area contributed by atoms with Gasteiger partial charge in [-0.3, -0.25) is 9.59 Å². The van der Waals surface area contributed by atoms with E-state index in [1.807, 2.05) is 19.9 Å². The number of amides is 2. The van der Waals surface area contributed by atoms with E-state index in [1.165, 1.54) is 27.7 Å². The number of benzene rings is 1. The Kier molecular flexibility index (Phi) is 6.75. The summed E-state index contributed by atoms with van der Waals surface area (Å²) >= 11 is 0.